The molecule has 0 spiro atoms. The molecule has 1 aliphatic rings. The number of carbonyl (C=O) groups excluding carboxylic acids is 1. The number of imidazole rings is 1. The molecule has 2 aromatic heterocycles. The van der Waals surface area contributed by atoms with E-state index >= 15 is 0 Å². The summed E-state index contributed by atoms with van der Waals surface area (Å²) in [5.41, 5.74) is 4.15. The zero-order valence-electron chi connectivity index (χ0n) is 18.7. The molecule has 1 amide bonds. The molecule has 8 heteroatoms. The third kappa shape index (κ3) is 4.71. The van der Waals surface area contributed by atoms with E-state index < -0.39 is 0 Å². The Morgan fingerprint density at radius 2 is 2.00 bits per heavy atom. The van der Waals surface area contributed by atoms with Crippen molar-refractivity contribution < 1.29 is 19.1 Å². The number of hydrogen-bond donors (Lipinski definition) is 1. The van der Waals surface area contributed by atoms with Gasteiger partial charge >= 0.3 is 0 Å². The topological polar surface area (TPSA) is 86.5 Å². The molecule has 5 rings (SSSR count). The molecule has 0 bridgehead atoms. The van der Waals surface area contributed by atoms with Gasteiger partial charge < -0.3 is 24.0 Å². The van der Waals surface area contributed by atoms with Gasteiger partial charge in [-0.05, 0) is 35.9 Å². The maximum absolute atomic E-state index is 12.5. The highest BCUT2D eigenvalue weighted by Gasteiger charge is 2.23. The smallest absolute Gasteiger partial charge is 0.253 e. The monoisotopic (exact) mass is 456 g/mol. The molecule has 0 fully saturated rings. The van der Waals surface area contributed by atoms with E-state index in [-0.39, 0.29) is 12.0 Å². The third-order valence-electron chi connectivity index (χ3n) is 5.61. The number of nitrogens with one attached hydrogen (secondary N) is 1. The summed E-state index contributed by atoms with van der Waals surface area (Å²) in [6, 6.07) is 19.3. The molecule has 1 N–H and O–H groups in total. The largest absolute Gasteiger partial charge is 0.497 e. The maximum atomic E-state index is 12.5. The van der Waals surface area contributed by atoms with Crippen LogP contribution in [0.4, 0.5) is 0 Å². The fourth-order valence-electron chi connectivity index (χ4n) is 3.80. The Morgan fingerprint density at radius 1 is 1.15 bits per heavy atom. The van der Waals surface area contributed by atoms with Gasteiger partial charge in [0.1, 0.15) is 23.8 Å². The van der Waals surface area contributed by atoms with Gasteiger partial charge in [-0.25, -0.2) is 4.98 Å². The van der Waals surface area contributed by atoms with Gasteiger partial charge in [0.2, 0.25) is 0 Å². The fourth-order valence-corrected chi connectivity index (χ4v) is 3.80. The molecule has 8 nitrogen and oxygen atoms in total. The van der Waals surface area contributed by atoms with E-state index in [1.54, 1.807) is 31.8 Å². The van der Waals surface area contributed by atoms with Gasteiger partial charge in [-0.15, -0.1) is 0 Å². The van der Waals surface area contributed by atoms with Gasteiger partial charge in [-0.3, -0.25) is 4.79 Å². The van der Waals surface area contributed by atoms with E-state index in [9.17, 15) is 4.79 Å². The summed E-state index contributed by atoms with van der Waals surface area (Å²) in [5, 5.41) is 7.03. The Labute approximate surface area is 196 Å². The molecule has 1 atom stereocenters. The van der Waals surface area contributed by atoms with Crippen molar-refractivity contribution >= 4 is 17.3 Å². The number of aromatic nitrogens is 2. The summed E-state index contributed by atoms with van der Waals surface area (Å²) in [7, 11) is 1.65. The number of para-hydroxylation sites is 1. The second kappa shape index (κ2) is 9.66. The number of methoxy groups -OCH3 is 1. The van der Waals surface area contributed by atoms with Crippen LogP contribution in [-0.2, 0) is 4.84 Å². The van der Waals surface area contributed by atoms with Crippen LogP contribution in [0.25, 0.3) is 16.8 Å². The lowest BCUT2D eigenvalue weighted by Gasteiger charge is -2.14. The number of ether oxygens (including phenoxy) is 2. The average molecular weight is 457 g/mol. The second-order valence-electron chi connectivity index (χ2n) is 7.92. The van der Waals surface area contributed by atoms with Crippen LogP contribution >= 0.6 is 0 Å². The van der Waals surface area contributed by atoms with Crippen molar-refractivity contribution in [3.8, 4) is 22.6 Å². The van der Waals surface area contributed by atoms with E-state index in [2.05, 4.69) is 15.5 Å². The molecule has 4 aromatic rings. The van der Waals surface area contributed by atoms with Gasteiger partial charge in [-0.1, -0.05) is 35.5 Å². The normalized spacial score (nSPS) is 15.0. The average Bonchev–Trinajstić information content (AvgIpc) is 3.55. The van der Waals surface area contributed by atoms with E-state index in [0.29, 0.717) is 25.1 Å². The van der Waals surface area contributed by atoms with Crippen LogP contribution in [0.5, 0.6) is 11.5 Å². The Morgan fingerprint density at radius 3 is 2.85 bits per heavy atom. The number of fused-ring (bicyclic) bond motifs is 1. The number of benzene rings is 2. The molecule has 0 saturated heterocycles. The van der Waals surface area contributed by atoms with Gasteiger partial charge in [0.15, 0.2) is 6.10 Å². The summed E-state index contributed by atoms with van der Waals surface area (Å²) in [6.07, 6.45) is 5.63. The number of hydrogen-bond acceptors (Lipinski definition) is 6. The van der Waals surface area contributed by atoms with Crippen LogP contribution in [-0.4, -0.2) is 47.4 Å². The van der Waals surface area contributed by atoms with Crippen LogP contribution < -0.4 is 14.8 Å². The number of nitrogens with zero attached hydrogens (tertiary/aromatic N) is 3. The first-order valence-corrected chi connectivity index (χ1v) is 11.0. The van der Waals surface area contributed by atoms with Crippen molar-refractivity contribution in [3.63, 3.8) is 0 Å². The molecule has 34 heavy (non-hydrogen) atoms. The first-order valence-electron chi connectivity index (χ1n) is 11.0. The molecule has 172 valence electrons. The molecule has 0 radical (unpaired) electrons. The molecular formula is C26H24N4O4. The summed E-state index contributed by atoms with van der Waals surface area (Å²) in [6.45, 7) is 0.672. The standard InChI is InChI=1S/C26H24N4O4/c1-32-21-9-6-18(7-10-21)23-4-2-3-5-24(23)33-17-22-14-20(29-34-22)15-28-26(31)19-8-11-25-27-12-13-30(25)16-19/h2-13,16,22H,14-15,17H2,1H3,(H,28,31). The minimum absolute atomic E-state index is 0.175. The lowest BCUT2D eigenvalue weighted by molar-refractivity contribution is 0.0472. The molecule has 1 aliphatic heterocycles. The first-order chi connectivity index (χ1) is 16.7. The predicted octanol–water partition coefficient (Wildman–Crippen LogP) is 3.96. The van der Waals surface area contributed by atoms with Crippen LogP contribution in [0, 0.1) is 0 Å². The summed E-state index contributed by atoms with van der Waals surface area (Å²) >= 11 is 0. The van der Waals surface area contributed by atoms with E-state index in [0.717, 1.165) is 34.0 Å². The van der Waals surface area contributed by atoms with Crippen molar-refractivity contribution in [1.29, 1.82) is 0 Å². The van der Waals surface area contributed by atoms with Crippen LogP contribution in [0.3, 0.4) is 0 Å². The van der Waals surface area contributed by atoms with E-state index in [1.165, 1.54) is 0 Å². The minimum atomic E-state index is -0.210. The summed E-state index contributed by atoms with van der Waals surface area (Å²) in [4.78, 5) is 22.2. The van der Waals surface area contributed by atoms with Crippen molar-refractivity contribution in [2.24, 2.45) is 5.16 Å². The van der Waals surface area contributed by atoms with Crippen LogP contribution in [0.15, 0.2) is 84.4 Å². The number of rotatable bonds is 8. The lowest BCUT2D eigenvalue weighted by atomic mass is 10.0. The Kier molecular flexibility index (Phi) is 6.11. The molecular weight excluding hydrogens is 432 g/mol. The minimum Gasteiger partial charge on any atom is -0.497 e. The summed E-state index contributed by atoms with van der Waals surface area (Å²) < 4.78 is 13.1. The highest BCUT2D eigenvalue weighted by atomic mass is 16.7. The Hall–Kier alpha value is -4.33. The number of amides is 1. The molecule has 0 aliphatic carbocycles. The van der Waals surface area contributed by atoms with Gasteiger partial charge in [-0.2, -0.15) is 0 Å². The lowest BCUT2D eigenvalue weighted by Crippen LogP contribution is -2.30. The van der Waals surface area contributed by atoms with Gasteiger partial charge in [0.25, 0.3) is 5.91 Å². The quantitative estimate of drug-likeness (QED) is 0.434. The highest BCUT2D eigenvalue weighted by molar-refractivity contribution is 5.98. The zero-order valence-corrected chi connectivity index (χ0v) is 18.7. The zero-order chi connectivity index (χ0) is 23.3. The number of carbonyl (C=O) groups is 1. The second-order valence-corrected chi connectivity index (χ2v) is 7.92. The Bertz CT molecular complexity index is 1330. The highest BCUT2D eigenvalue weighted by Crippen LogP contribution is 2.31. The van der Waals surface area contributed by atoms with Crippen LogP contribution in [0.2, 0.25) is 0 Å². The summed E-state index contributed by atoms with van der Waals surface area (Å²) in [5.74, 6) is 1.40. The van der Waals surface area contributed by atoms with Gasteiger partial charge in [0, 0.05) is 30.6 Å². The molecule has 2 aromatic carbocycles. The molecule has 1 unspecified atom stereocenters. The molecule has 3 heterocycles. The van der Waals surface area contributed by atoms with Crippen molar-refractivity contribution in [2.45, 2.75) is 12.5 Å². The predicted molar refractivity (Wildman–Crippen MR) is 128 cm³/mol. The number of pyridine rings is 1. The van der Waals surface area contributed by atoms with E-state index in [1.807, 2.05) is 59.0 Å². The number of oxime groups is 1. The van der Waals surface area contributed by atoms with Gasteiger partial charge in [0.05, 0.1) is 24.9 Å². The third-order valence-corrected chi connectivity index (χ3v) is 5.61. The SMILES string of the molecule is COc1ccc(-c2ccccc2OCC2CC(CNC(=O)c3ccc4nccn4c3)=NO2)cc1. The van der Waals surface area contributed by atoms with Crippen LogP contribution in [0.1, 0.15) is 16.8 Å². The van der Waals surface area contributed by atoms with E-state index in [4.69, 9.17) is 14.3 Å². The van der Waals surface area contributed by atoms with Crippen molar-refractivity contribution in [2.75, 3.05) is 20.3 Å². The first kappa shape index (κ1) is 21.5. The maximum Gasteiger partial charge on any atom is 0.253 e. The van der Waals surface area contributed by atoms with Crippen molar-refractivity contribution in [1.82, 2.24) is 14.7 Å². The van der Waals surface area contributed by atoms with Crippen molar-refractivity contribution in [3.05, 3.63) is 84.8 Å². The Balaban J connectivity index is 1.14. The molecule has 0 saturated carbocycles. The fraction of sp³-hybridized carbons (Fsp3) is 0.192.